The van der Waals surface area contributed by atoms with E-state index in [4.69, 9.17) is 0 Å². The topological polar surface area (TPSA) is 3.24 Å². The zero-order valence-electron chi connectivity index (χ0n) is 8.97. The Labute approximate surface area is 82.5 Å². The molecule has 0 aromatic heterocycles. The molecule has 1 nitrogen and oxygen atoms in total. The molecule has 2 rings (SSSR count). The fraction of sp³-hybridized carbons (Fsp3) is 1.00. The molecule has 1 heteroatoms. The van der Waals surface area contributed by atoms with Crippen molar-refractivity contribution in [3.63, 3.8) is 0 Å². The van der Waals surface area contributed by atoms with Crippen molar-refractivity contribution in [1.29, 1.82) is 0 Å². The van der Waals surface area contributed by atoms with Gasteiger partial charge in [0, 0.05) is 13.1 Å². The van der Waals surface area contributed by atoms with Crippen molar-refractivity contribution in [2.75, 3.05) is 19.6 Å². The summed E-state index contributed by atoms with van der Waals surface area (Å²) in [5, 5.41) is 0. The first-order chi connectivity index (χ1) is 6.34. The molecule has 0 aromatic rings. The van der Waals surface area contributed by atoms with Gasteiger partial charge in [-0.05, 0) is 37.6 Å². The van der Waals surface area contributed by atoms with Crippen LogP contribution in [0.1, 0.15) is 45.4 Å². The highest BCUT2D eigenvalue weighted by molar-refractivity contribution is 4.76. The average Bonchev–Trinajstić information content (AvgIpc) is 2.53. The summed E-state index contributed by atoms with van der Waals surface area (Å²) in [4.78, 5) is 2.70. The lowest BCUT2D eigenvalue weighted by molar-refractivity contribution is 0.229. The van der Waals surface area contributed by atoms with Crippen LogP contribution in [0.15, 0.2) is 0 Å². The van der Waals surface area contributed by atoms with Crippen molar-refractivity contribution < 1.29 is 0 Å². The summed E-state index contributed by atoms with van der Waals surface area (Å²) in [6, 6.07) is 0. The van der Waals surface area contributed by atoms with Crippen LogP contribution in [-0.2, 0) is 0 Å². The second kappa shape index (κ2) is 4.45. The van der Waals surface area contributed by atoms with Gasteiger partial charge in [-0.15, -0.1) is 0 Å². The van der Waals surface area contributed by atoms with E-state index in [-0.39, 0.29) is 0 Å². The number of hydrogen-bond donors (Lipinski definition) is 0. The highest BCUT2D eigenvalue weighted by Gasteiger charge is 2.22. The molecule has 0 N–H and O–H groups in total. The normalized spacial score (nSPS) is 32.5. The predicted molar refractivity (Wildman–Crippen MR) is 56.8 cm³/mol. The van der Waals surface area contributed by atoms with Crippen LogP contribution in [0.4, 0.5) is 0 Å². The Bertz CT molecular complexity index is 146. The second-order valence-corrected chi connectivity index (χ2v) is 5.16. The molecule has 13 heavy (non-hydrogen) atoms. The van der Waals surface area contributed by atoms with E-state index < -0.39 is 0 Å². The SMILES string of the molecule is CC1CCN(CC2CCCCC2)C1. The van der Waals surface area contributed by atoms with Crippen LogP contribution in [0.3, 0.4) is 0 Å². The molecule has 0 aromatic carbocycles. The third kappa shape index (κ3) is 2.70. The van der Waals surface area contributed by atoms with Crippen LogP contribution in [0.2, 0.25) is 0 Å². The van der Waals surface area contributed by atoms with Crippen LogP contribution in [0.25, 0.3) is 0 Å². The Balaban J connectivity index is 1.71. The van der Waals surface area contributed by atoms with Gasteiger partial charge >= 0.3 is 0 Å². The largest absolute Gasteiger partial charge is 0.303 e. The van der Waals surface area contributed by atoms with Gasteiger partial charge in [0.1, 0.15) is 0 Å². The summed E-state index contributed by atoms with van der Waals surface area (Å²) in [6.45, 7) is 6.54. The maximum atomic E-state index is 2.70. The number of nitrogens with zero attached hydrogens (tertiary/aromatic N) is 1. The summed E-state index contributed by atoms with van der Waals surface area (Å²) >= 11 is 0. The minimum atomic E-state index is 0.962. The maximum Gasteiger partial charge on any atom is 0.000977 e. The molecule has 76 valence electrons. The van der Waals surface area contributed by atoms with Crippen molar-refractivity contribution in [2.45, 2.75) is 45.4 Å². The summed E-state index contributed by atoms with van der Waals surface area (Å²) in [5.41, 5.74) is 0. The van der Waals surface area contributed by atoms with E-state index in [1.165, 1.54) is 58.2 Å². The lowest BCUT2D eigenvalue weighted by Gasteiger charge is -2.26. The standard InChI is InChI=1S/C12H23N/c1-11-7-8-13(9-11)10-12-5-3-2-4-6-12/h11-12H,2-10H2,1H3. The van der Waals surface area contributed by atoms with E-state index in [1.807, 2.05) is 0 Å². The fourth-order valence-electron chi connectivity index (χ4n) is 2.93. The molecule has 1 atom stereocenters. The van der Waals surface area contributed by atoms with Crippen LogP contribution < -0.4 is 0 Å². The Kier molecular flexibility index (Phi) is 3.26. The van der Waals surface area contributed by atoms with Gasteiger partial charge < -0.3 is 4.90 Å². The minimum Gasteiger partial charge on any atom is -0.303 e. The Hall–Kier alpha value is -0.0400. The maximum absolute atomic E-state index is 2.70. The van der Waals surface area contributed by atoms with Gasteiger partial charge in [-0.3, -0.25) is 0 Å². The molecule has 0 bridgehead atoms. The summed E-state index contributed by atoms with van der Waals surface area (Å²) in [6.07, 6.45) is 8.93. The molecule has 2 aliphatic rings. The van der Waals surface area contributed by atoms with Gasteiger partial charge in [-0.25, -0.2) is 0 Å². The van der Waals surface area contributed by atoms with E-state index in [0.29, 0.717) is 0 Å². The van der Waals surface area contributed by atoms with Gasteiger partial charge in [0.25, 0.3) is 0 Å². The van der Waals surface area contributed by atoms with E-state index in [1.54, 1.807) is 0 Å². The number of hydrogen-bond acceptors (Lipinski definition) is 1. The zero-order chi connectivity index (χ0) is 9.10. The monoisotopic (exact) mass is 181 g/mol. The van der Waals surface area contributed by atoms with Crippen molar-refractivity contribution in [3.8, 4) is 0 Å². The van der Waals surface area contributed by atoms with Crippen molar-refractivity contribution in [3.05, 3.63) is 0 Å². The van der Waals surface area contributed by atoms with E-state index in [9.17, 15) is 0 Å². The molecule has 1 saturated heterocycles. The smallest absolute Gasteiger partial charge is 0.000977 e. The molecule has 0 amide bonds. The van der Waals surface area contributed by atoms with Crippen molar-refractivity contribution >= 4 is 0 Å². The Morgan fingerprint density at radius 2 is 1.85 bits per heavy atom. The van der Waals surface area contributed by atoms with E-state index >= 15 is 0 Å². The summed E-state index contributed by atoms with van der Waals surface area (Å²) in [5.74, 6) is 2.00. The van der Waals surface area contributed by atoms with Gasteiger partial charge in [-0.2, -0.15) is 0 Å². The third-order valence-electron chi connectivity index (χ3n) is 3.75. The molecule has 0 radical (unpaired) electrons. The van der Waals surface area contributed by atoms with Crippen molar-refractivity contribution in [1.82, 2.24) is 4.90 Å². The zero-order valence-corrected chi connectivity index (χ0v) is 8.97. The van der Waals surface area contributed by atoms with Crippen LogP contribution in [-0.4, -0.2) is 24.5 Å². The van der Waals surface area contributed by atoms with Gasteiger partial charge in [0.2, 0.25) is 0 Å². The molecule has 1 aliphatic heterocycles. The van der Waals surface area contributed by atoms with Gasteiger partial charge in [-0.1, -0.05) is 26.2 Å². The predicted octanol–water partition coefficient (Wildman–Crippen LogP) is 2.91. The molecule has 1 aliphatic carbocycles. The van der Waals surface area contributed by atoms with Crippen LogP contribution in [0.5, 0.6) is 0 Å². The van der Waals surface area contributed by atoms with Crippen LogP contribution in [0, 0.1) is 11.8 Å². The molecule has 1 heterocycles. The Morgan fingerprint density at radius 3 is 2.46 bits per heavy atom. The number of likely N-dealkylation sites (tertiary alicyclic amines) is 1. The second-order valence-electron chi connectivity index (χ2n) is 5.16. The first kappa shape index (κ1) is 9.51. The third-order valence-corrected chi connectivity index (χ3v) is 3.75. The summed E-state index contributed by atoms with van der Waals surface area (Å²) < 4.78 is 0. The minimum absolute atomic E-state index is 0.962. The highest BCUT2D eigenvalue weighted by Crippen LogP contribution is 2.26. The van der Waals surface area contributed by atoms with Crippen molar-refractivity contribution in [2.24, 2.45) is 11.8 Å². The quantitative estimate of drug-likeness (QED) is 0.633. The Morgan fingerprint density at radius 1 is 1.08 bits per heavy atom. The van der Waals surface area contributed by atoms with Gasteiger partial charge in [0.15, 0.2) is 0 Å². The lowest BCUT2D eigenvalue weighted by Crippen LogP contribution is -2.28. The van der Waals surface area contributed by atoms with E-state index in [2.05, 4.69) is 11.8 Å². The highest BCUT2D eigenvalue weighted by atomic mass is 15.1. The van der Waals surface area contributed by atoms with E-state index in [0.717, 1.165) is 11.8 Å². The first-order valence-electron chi connectivity index (χ1n) is 6.07. The number of rotatable bonds is 2. The van der Waals surface area contributed by atoms with Crippen LogP contribution >= 0.6 is 0 Å². The molecule has 0 spiro atoms. The molecular formula is C12H23N. The molecule has 1 saturated carbocycles. The molecule has 2 fully saturated rings. The molecular weight excluding hydrogens is 158 g/mol. The van der Waals surface area contributed by atoms with Gasteiger partial charge in [0.05, 0.1) is 0 Å². The fourth-order valence-corrected chi connectivity index (χ4v) is 2.93. The lowest BCUT2D eigenvalue weighted by atomic mass is 9.89. The summed E-state index contributed by atoms with van der Waals surface area (Å²) in [7, 11) is 0. The average molecular weight is 181 g/mol. The molecule has 1 unspecified atom stereocenters. The first-order valence-corrected chi connectivity index (χ1v) is 6.07.